The monoisotopic (exact) mass is 442 g/mol. The lowest BCUT2D eigenvalue weighted by atomic mass is 9.42. The van der Waals surface area contributed by atoms with Crippen molar-refractivity contribution >= 4 is 0 Å². The minimum atomic E-state index is 0.460. The molecule has 0 radical (unpaired) electrons. The normalized spacial score (nSPS) is 27.8. The van der Waals surface area contributed by atoms with Crippen molar-refractivity contribution in [1.82, 2.24) is 0 Å². The lowest BCUT2D eigenvalue weighted by Crippen LogP contribution is -2.55. The van der Waals surface area contributed by atoms with Gasteiger partial charge < -0.3 is 10.2 Å². The SMILES string of the molecule is CC.CC.CC.CO.CO.c1ccc(C23CC4CC(C2)CC(c2ccccc2)(C4)C3)cc1. The highest BCUT2D eigenvalue weighted by molar-refractivity contribution is 5.37. The average molecular weight is 443 g/mol. The molecule has 4 bridgehead atoms. The van der Waals surface area contributed by atoms with E-state index in [4.69, 9.17) is 10.2 Å². The van der Waals surface area contributed by atoms with Crippen LogP contribution in [0.4, 0.5) is 0 Å². The van der Waals surface area contributed by atoms with Crippen LogP contribution in [-0.4, -0.2) is 24.4 Å². The molecule has 6 rings (SSSR count). The number of hydrogen-bond donors (Lipinski definition) is 2. The van der Waals surface area contributed by atoms with E-state index in [0.717, 1.165) is 26.1 Å². The van der Waals surface area contributed by atoms with Gasteiger partial charge in [-0.1, -0.05) is 102 Å². The first kappa shape index (κ1) is 30.4. The van der Waals surface area contributed by atoms with Crippen molar-refractivity contribution in [1.29, 1.82) is 0 Å². The van der Waals surface area contributed by atoms with Crippen molar-refractivity contribution in [3.05, 3.63) is 71.8 Å². The average Bonchev–Trinajstić information content (AvgIpc) is 2.90. The van der Waals surface area contributed by atoms with Crippen molar-refractivity contribution in [2.24, 2.45) is 11.8 Å². The number of aliphatic hydroxyl groups excluding tert-OH is 2. The summed E-state index contributed by atoms with van der Waals surface area (Å²) < 4.78 is 0. The Morgan fingerprint density at radius 3 is 1.09 bits per heavy atom. The summed E-state index contributed by atoms with van der Waals surface area (Å²) in [4.78, 5) is 0. The highest BCUT2D eigenvalue weighted by atomic mass is 16.2. The molecule has 182 valence electrons. The van der Waals surface area contributed by atoms with E-state index in [1.54, 1.807) is 11.1 Å². The molecular formula is C30H50O2. The Morgan fingerprint density at radius 2 is 0.812 bits per heavy atom. The zero-order valence-electron chi connectivity index (χ0n) is 22.1. The van der Waals surface area contributed by atoms with Gasteiger partial charge in [0.2, 0.25) is 0 Å². The Morgan fingerprint density at radius 1 is 0.531 bits per heavy atom. The number of rotatable bonds is 2. The molecule has 4 aliphatic carbocycles. The third-order valence-electron chi connectivity index (χ3n) is 6.83. The minimum Gasteiger partial charge on any atom is -0.400 e. The van der Waals surface area contributed by atoms with Gasteiger partial charge in [0, 0.05) is 14.2 Å². The first-order chi connectivity index (χ1) is 15.8. The van der Waals surface area contributed by atoms with Gasteiger partial charge in [-0.25, -0.2) is 0 Å². The molecule has 4 saturated carbocycles. The molecule has 4 aliphatic rings. The van der Waals surface area contributed by atoms with E-state index in [9.17, 15) is 0 Å². The Balaban J connectivity index is 0.000000858. The van der Waals surface area contributed by atoms with E-state index >= 15 is 0 Å². The molecular weight excluding hydrogens is 392 g/mol. The van der Waals surface area contributed by atoms with Crippen molar-refractivity contribution in [2.75, 3.05) is 14.2 Å². The van der Waals surface area contributed by atoms with Gasteiger partial charge in [0.1, 0.15) is 0 Å². The standard InChI is InChI=1S/C22H24.3C2H6.2CH4O/c1-3-7-19(8-4-1)21-12-17-11-18(13-21)15-22(14-17,16-21)20-9-5-2-6-10-20;5*1-2/h1-10,17-18H,11-16H2;3*1-2H3;2*2H,1H3. The summed E-state index contributed by atoms with van der Waals surface area (Å²) in [5, 5.41) is 14.0. The molecule has 0 heterocycles. The molecule has 2 heteroatoms. The van der Waals surface area contributed by atoms with Gasteiger partial charge in [0.15, 0.2) is 0 Å². The molecule has 2 aromatic rings. The van der Waals surface area contributed by atoms with Crippen molar-refractivity contribution < 1.29 is 10.2 Å². The van der Waals surface area contributed by atoms with Crippen LogP contribution >= 0.6 is 0 Å². The van der Waals surface area contributed by atoms with E-state index in [1.807, 2.05) is 41.5 Å². The maximum absolute atomic E-state index is 7.00. The van der Waals surface area contributed by atoms with E-state index in [-0.39, 0.29) is 0 Å². The maximum Gasteiger partial charge on any atom is 0.0319 e. The second-order valence-corrected chi connectivity index (χ2v) is 8.25. The van der Waals surface area contributed by atoms with E-state index in [0.29, 0.717) is 10.8 Å². The van der Waals surface area contributed by atoms with Gasteiger partial charge in [-0.15, -0.1) is 0 Å². The van der Waals surface area contributed by atoms with Crippen LogP contribution in [0.1, 0.15) is 91.2 Å². The molecule has 0 atom stereocenters. The molecule has 2 nitrogen and oxygen atoms in total. The Kier molecular flexibility index (Phi) is 15.2. The Labute approximate surface area is 199 Å². The molecule has 4 fully saturated rings. The first-order valence-electron chi connectivity index (χ1n) is 12.8. The highest BCUT2D eigenvalue weighted by Crippen LogP contribution is 2.66. The second kappa shape index (κ2) is 16.0. The fraction of sp³-hybridized carbons (Fsp3) is 0.600. The second-order valence-electron chi connectivity index (χ2n) is 8.25. The Hall–Kier alpha value is -1.64. The van der Waals surface area contributed by atoms with Gasteiger partial charge in [-0.2, -0.15) is 0 Å². The van der Waals surface area contributed by atoms with Crippen LogP contribution in [0, 0.1) is 11.8 Å². The summed E-state index contributed by atoms with van der Waals surface area (Å²) in [6.07, 6.45) is 8.60. The fourth-order valence-corrected chi connectivity index (χ4v) is 6.52. The molecule has 0 aliphatic heterocycles. The van der Waals surface area contributed by atoms with Crippen molar-refractivity contribution in [3.8, 4) is 0 Å². The zero-order valence-corrected chi connectivity index (χ0v) is 22.1. The van der Waals surface area contributed by atoms with Gasteiger partial charge in [0.05, 0.1) is 0 Å². The largest absolute Gasteiger partial charge is 0.400 e. The molecule has 0 aromatic heterocycles. The molecule has 0 spiro atoms. The summed E-state index contributed by atoms with van der Waals surface area (Å²) in [7, 11) is 2.00. The lowest BCUT2D eigenvalue weighted by molar-refractivity contribution is -0.0281. The highest BCUT2D eigenvalue weighted by Gasteiger charge is 2.58. The van der Waals surface area contributed by atoms with Crippen LogP contribution in [0.5, 0.6) is 0 Å². The van der Waals surface area contributed by atoms with Crippen molar-refractivity contribution in [2.45, 2.75) is 90.9 Å². The van der Waals surface area contributed by atoms with E-state index in [2.05, 4.69) is 60.7 Å². The minimum absolute atomic E-state index is 0.460. The zero-order chi connectivity index (χ0) is 24.6. The first-order valence-corrected chi connectivity index (χ1v) is 12.8. The fourth-order valence-electron chi connectivity index (χ4n) is 6.52. The molecule has 2 aromatic carbocycles. The smallest absolute Gasteiger partial charge is 0.0319 e. The maximum atomic E-state index is 7.00. The van der Waals surface area contributed by atoms with Crippen LogP contribution in [-0.2, 0) is 10.8 Å². The summed E-state index contributed by atoms with van der Waals surface area (Å²) in [6, 6.07) is 22.9. The topological polar surface area (TPSA) is 40.5 Å². The number of hydrogen-bond acceptors (Lipinski definition) is 2. The quantitative estimate of drug-likeness (QED) is 0.498. The Bertz CT molecular complexity index is 609. The van der Waals surface area contributed by atoms with Crippen LogP contribution in [0.25, 0.3) is 0 Å². The molecule has 2 N–H and O–H groups in total. The van der Waals surface area contributed by atoms with Gasteiger partial charge >= 0.3 is 0 Å². The van der Waals surface area contributed by atoms with E-state index in [1.165, 1.54) is 38.5 Å². The van der Waals surface area contributed by atoms with Gasteiger partial charge in [-0.3, -0.25) is 0 Å². The summed E-state index contributed by atoms with van der Waals surface area (Å²) in [5.74, 6) is 1.89. The van der Waals surface area contributed by atoms with Crippen LogP contribution in [0.15, 0.2) is 60.7 Å². The molecule has 0 saturated heterocycles. The number of aliphatic hydroxyl groups is 2. The predicted octanol–water partition coefficient (Wildman–Crippen LogP) is 7.77. The molecule has 32 heavy (non-hydrogen) atoms. The summed E-state index contributed by atoms with van der Waals surface area (Å²) in [6.45, 7) is 12.0. The van der Waals surface area contributed by atoms with Crippen LogP contribution in [0.3, 0.4) is 0 Å². The third kappa shape index (κ3) is 6.68. The summed E-state index contributed by atoms with van der Waals surface area (Å²) in [5.41, 5.74) is 4.15. The van der Waals surface area contributed by atoms with Crippen LogP contribution in [0.2, 0.25) is 0 Å². The summed E-state index contributed by atoms with van der Waals surface area (Å²) >= 11 is 0. The number of benzene rings is 2. The van der Waals surface area contributed by atoms with Crippen molar-refractivity contribution in [3.63, 3.8) is 0 Å². The van der Waals surface area contributed by atoms with Crippen LogP contribution < -0.4 is 0 Å². The predicted molar refractivity (Wildman–Crippen MR) is 141 cm³/mol. The molecule has 0 unspecified atom stereocenters. The molecule has 0 amide bonds. The third-order valence-corrected chi connectivity index (χ3v) is 6.83. The van der Waals surface area contributed by atoms with Gasteiger partial charge in [-0.05, 0) is 72.3 Å². The van der Waals surface area contributed by atoms with Gasteiger partial charge in [0.25, 0.3) is 0 Å². The van der Waals surface area contributed by atoms with E-state index < -0.39 is 0 Å². The lowest BCUT2D eigenvalue weighted by Gasteiger charge is -2.62.